The summed E-state index contributed by atoms with van der Waals surface area (Å²) in [4.78, 5) is 11.9. The maximum absolute atomic E-state index is 12.6. The van der Waals surface area contributed by atoms with Crippen LogP contribution in [0.15, 0.2) is 46.4 Å². The molecule has 0 fully saturated rings. The highest BCUT2D eigenvalue weighted by atomic mass is 35.5. The summed E-state index contributed by atoms with van der Waals surface area (Å²) in [6.07, 6.45) is 1.36. The number of carbonyl (C=O) groups is 1. The zero-order chi connectivity index (χ0) is 21.6. The van der Waals surface area contributed by atoms with E-state index in [1.165, 1.54) is 45.7 Å². The highest BCUT2D eigenvalue weighted by Gasteiger charge is 2.25. The number of sulfonamides is 1. The summed E-state index contributed by atoms with van der Waals surface area (Å²) in [5, 5.41) is 4.05. The molecule has 0 atom stereocenters. The first-order valence-electron chi connectivity index (χ1n) is 8.15. The van der Waals surface area contributed by atoms with Gasteiger partial charge in [0, 0.05) is 17.6 Å². The van der Waals surface area contributed by atoms with Gasteiger partial charge in [0.25, 0.3) is 5.91 Å². The maximum Gasteiger partial charge on any atom is 0.255 e. The van der Waals surface area contributed by atoms with E-state index in [0.717, 1.165) is 4.31 Å². The van der Waals surface area contributed by atoms with Crippen LogP contribution in [-0.4, -0.2) is 52.7 Å². The van der Waals surface area contributed by atoms with Crippen LogP contribution in [0.3, 0.4) is 0 Å². The van der Waals surface area contributed by atoms with E-state index in [1.54, 1.807) is 18.2 Å². The number of likely N-dealkylation sites (N-methyl/N-ethyl adjacent to an activating group) is 1. The van der Waals surface area contributed by atoms with E-state index in [-0.39, 0.29) is 14.9 Å². The molecule has 0 aliphatic rings. The van der Waals surface area contributed by atoms with E-state index in [4.69, 9.17) is 32.7 Å². The zero-order valence-electron chi connectivity index (χ0n) is 15.8. The van der Waals surface area contributed by atoms with Crippen LogP contribution >= 0.6 is 23.2 Å². The first-order chi connectivity index (χ1) is 13.7. The Morgan fingerprint density at radius 2 is 1.93 bits per heavy atom. The second kappa shape index (κ2) is 9.93. The summed E-state index contributed by atoms with van der Waals surface area (Å²) in [5.74, 6) is 0.308. The lowest BCUT2D eigenvalue weighted by Gasteiger charge is -2.17. The number of para-hydroxylation sites is 1. The topological polar surface area (TPSA) is 97.3 Å². The molecule has 2 aromatic rings. The number of nitrogens with one attached hydrogen (secondary N) is 1. The average Bonchev–Trinajstić information content (AvgIpc) is 2.69. The predicted molar refractivity (Wildman–Crippen MR) is 112 cm³/mol. The van der Waals surface area contributed by atoms with E-state index in [9.17, 15) is 13.2 Å². The third kappa shape index (κ3) is 5.60. The summed E-state index contributed by atoms with van der Waals surface area (Å²) in [5.41, 5.74) is 2.84. The van der Waals surface area contributed by atoms with Crippen molar-refractivity contribution >= 4 is 45.3 Å². The fraction of sp³-hybridized carbons (Fsp3) is 0.222. The van der Waals surface area contributed by atoms with Crippen LogP contribution in [0.1, 0.15) is 5.56 Å². The molecule has 0 saturated carbocycles. The molecule has 1 N–H and O–H groups in total. The number of amides is 1. The molecule has 0 aliphatic carbocycles. The van der Waals surface area contributed by atoms with Crippen LogP contribution < -0.4 is 14.9 Å². The van der Waals surface area contributed by atoms with Crippen molar-refractivity contribution in [2.75, 3.05) is 27.8 Å². The average molecular weight is 460 g/mol. The molecule has 0 saturated heterocycles. The number of halogens is 2. The van der Waals surface area contributed by atoms with Crippen LogP contribution in [0.5, 0.6) is 11.5 Å². The quantitative estimate of drug-likeness (QED) is 0.483. The van der Waals surface area contributed by atoms with Gasteiger partial charge in [-0.2, -0.15) is 9.41 Å². The number of carbonyl (C=O) groups excluding carboxylic acids is 1. The van der Waals surface area contributed by atoms with Crippen molar-refractivity contribution in [3.8, 4) is 11.5 Å². The van der Waals surface area contributed by atoms with Gasteiger partial charge in [-0.3, -0.25) is 4.79 Å². The molecule has 29 heavy (non-hydrogen) atoms. The Labute approximate surface area is 179 Å². The summed E-state index contributed by atoms with van der Waals surface area (Å²) in [6, 6.07) is 9.23. The third-order valence-corrected chi connectivity index (χ3v) is 6.29. The van der Waals surface area contributed by atoms with Crippen molar-refractivity contribution in [1.82, 2.24) is 9.73 Å². The first-order valence-corrected chi connectivity index (χ1v) is 10.3. The van der Waals surface area contributed by atoms with Crippen LogP contribution in [0.25, 0.3) is 0 Å². The minimum absolute atomic E-state index is 0.00444. The van der Waals surface area contributed by atoms with Crippen molar-refractivity contribution in [3.63, 3.8) is 0 Å². The number of rotatable bonds is 8. The smallest absolute Gasteiger partial charge is 0.255 e. The van der Waals surface area contributed by atoms with Crippen LogP contribution in [0.4, 0.5) is 0 Å². The van der Waals surface area contributed by atoms with Crippen molar-refractivity contribution in [2.45, 2.75) is 4.90 Å². The molecule has 2 aromatic carbocycles. The molecule has 156 valence electrons. The van der Waals surface area contributed by atoms with Gasteiger partial charge in [-0.1, -0.05) is 29.3 Å². The normalized spacial score (nSPS) is 11.7. The van der Waals surface area contributed by atoms with Crippen molar-refractivity contribution in [3.05, 3.63) is 52.0 Å². The minimum Gasteiger partial charge on any atom is -0.493 e. The number of hydrogen-bond donors (Lipinski definition) is 1. The van der Waals surface area contributed by atoms with Gasteiger partial charge >= 0.3 is 0 Å². The van der Waals surface area contributed by atoms with Gasteiger partial charge in [-0.25, -0.2) is 13.8 Å². The first kappa shape index (κ1) is 23.0. The van der Waals surface area contributed by atoms with Crippen LogP contribution in [0, 0.1) is 0 Å². The lowest BCUT2D eigenvalue weighted by molar-refractivity contribution is -0.121. The maximum atomic E-state index is 12.6. The second-order valence-electron chi connectivity index (χ2n) is 5.71. The van der Waals surface area contributed by atoms with Crippen molar-refractivity contribution in [2.24, 2.45) is 5.10 Å². The Bertz CT molecular complexity index is 1030. The fourth-order valence-corrected chi connectivity index (χ4v) is 4.21. The Balaban J connectivity index is 2.07. The van der Waals surface area contributed by atoms with Gasteiger partial charge < -0.3 is 9.47 Å². The summed E-state index contributed by atoms with van der Waals surface area (Å²) in [7, 11) is 0.218. The molecule has 0 aliphatic heterocycles. The predicted octanol–water partition coefficient (Wildman–Crippen LogP) is 2.78. The SMILES string of the molecule is COc1cccc(/C=N\NC(=O)CN(C)S(=O)(=O)c2cc(Cl)ccc2Cl)c1OC. The number of ether oxygens (including phenoxy) is 2. The van der Waals surface area contributed by atoms with E-state index in [0.29, 0.717) is 17.1 Å². The van der Waals surface area contributed by atoms with E-state index >= 15 is 0 Å². The minimum atomic E-state index is -4.02. The van der Waals surface area contributed by atoms with Crippen LogP contribution in [-0.2, 0) is 14.8 Å². The van der Waals surface area contributed by atoms with Gasteiger partial charge in [0.15, 0.2) is 11.5 Å². The third-order valence-electron chi connectivity index (χ3n) is 3.77. The van der Waals surface area contributed by atoms with Crippen LogP contribution in [0.2, 0.25) is 10.0 Å². The molecule has 0 heterocycles. The molecular formula is C18H19Cl2N3O5S. The molecular weight excluding hydrogens is 441 g/mol. The molecule has 0 bridgehead atoms. The second-order valence-corrected chi connectivity index (χ2v) is 8.57. The standard InChI is InChI=1S/C18H19Cl2N3O5S/c1-23(29(25,26)16-9-13(19)7-8-14(16)20)11-17(24)22-21-10-12-5-4-6-15(27-2)18(12)28-3/h4-10H,11H2,1-3H3,(H,22,24)/b21-10-. The Morgan fingerprint density at radius 3 is 2.59 bits per heavy atom. The molecule has 0 spiro atoms. The van der Waals surface area contributed by atoms with Crippen molar-refractivity contribution in [1.29, 1.82) is 0 Å². The Morgan fingerprint density at radius 1 is 1.21 bits per heavy atom. The lowest BCUT2D eigenvalue weighted by atomic mass is 10.2. The molecule has 2 rings (SSSR count). The molecule has 0 unspecified atom stereocenters. The van der Waals surface area contributed by atoms with Gasteiger partial charge in [0.2, 0.25) is 10.0 Å². The highest BCUT2D eigenvalue weighted by Crippen LogP contribution is 2.29. The largest absolute Gasteiger partial charge is 0.493 e. The van der Waals surface area contributed by atoms with Crippen molar-refractivity contribution < 1.29 is 22.7 Å². The monoisotopic (exact) mass is 459 g/mol. The molecule has 0 aromatic heterocycles. The fourth-order valence-electron chi connectivity index (χ4n) is 2.35. The summed E-state index contributed by atoms with van der Waals surface area (Å²) < 4.78 is 36.5. The number of methoxy groups -OCH3 is 2. The lowest BCUT2D eigenvalue weighted by Crippen LogP contribution is -2.36. The molecule has 0 radical (unpaired) electrons. The Kier molecular flexibility index (Phi) is 7.86. The van der Waals surface area contributed by atoms with Gasteiger partial charge in [0.05, 0.1) is 32.0 Å². The number of nitrogens with zero attached hydrogens (tertiary/aromatic N) is 2. The highest BCUT2D eigenvalue weighted by molar-refractivity contribution is 7.89. The Hall–Kier alpha value is -2.33. The number of benzene rings is 2. The number of hydrogen-bond acceptors (Lipinski definition) is 6. The summed E-state index contributed by atoms with van der Waals surface area (Å²) in [6.45, 7) is -0.474. The molecule has 1 amide bonds. The van der Waals surface area contributed by atoms with E-state index in [1.807, 2.05) is 0 Å². The summed E-state index contributed by atoms with van der Waals surface area (Å²) >= 11 is 11.8. The molecule has 11 heteroatoms. The van der Waals surface area contributed by atoms with Gasteiger partial charge in [-0.05, 0) is 30.3 Å². The van der Waals surface area contributed by atoms with E-state index in [2.05, 4.69) is 10.5 Å². The zero-order valence-corrected chi connectivity index (χ0v) is 18.2. The van der Waals surface area contributed by atoms with E-state index < -0.39 is 22.5 Å². The number of hydrazone groups is 1. The van der Waals surface area contributed by atoms with Gasteiger partial charge in [-0.15, -0.1) is 0 Å². The van der Waals surface area contributed by atoms with Gasteiger partial charge in [0.1, 0.15) is 4.90 Å². The molecule has 8 nitrogen and oxygen atoms in total.